The summed E-state index contributed by atoms with van der Waals surface area (Å²) in [6, 6.07) is 13.8. The topological polar surface area (TPSA) is 144 Å². The Morgan fingerprint density at radius 3 is 2.49 bits per heavy atom. The third-order valence-corrected chi connectivity index (χ3v) is 5.32. The SMILES string of the molecule is CCn1c(=O)c(C(=O)COC(=O)c2ccc(Cn3cccn3)o2)c(N)n(Cc2ccccc2)c1=O. The Labute approximate surface area is 199 Å². The lowest BCUT2D eigenvalue weighted by molar-refractivity contribution is 0.0441. The van der Waals surface area contributed by atoms with Gasteiger partial charge in [0.05, 0.1) is 13.1 Å². The second kappa shape index (κ2) is 10.1. The minimum absolute atomic E-state index is 0.0399. The summed E-state index contributed by atoms with van der Waals surface area (Å²) in [6.45, 7) is 1.28. The summed E-state index contributed by atoms with van der Waals surface area (Å²) in [4.78, 5) is 50.9. The highest BCUT2D eigenvalue weighted by Crippen LogP contribution is 2.13. The standard InChI is InChI=1S/C24H23N5O6/c1-2-28-22(31)20(21(25)29(24(28)33)13-16-7-4-3-5-8-16)18(30)15-34-23(32)19-10-9-17(35-19)14-27-12-6-11-26-27/h3-12H,2,13-15,25H2,1H3. The molecule has 1 aromatic carbocycles. The molecule has 0 aliphatic carbocycles. The molecule has 180 valence electrons. The molecule has 11 heteroatoms. The number of benzene rings is 1. The molecule has 11 nitrogen and oxygen atoms in total. The van der Waals surface area contributed by atoms with Crippen LogP contribution in [0.5, 0.6) is 0 Å². The van der Waals surface area contributed by atoms with Gasteiger partial charge < -0.3 is 14.9 Å². The van der Waals surface area contributed by atoms with Crippen molar-refractivity contribution in [2.24, 2.45) is 0 Å². The fourth-order valence-electron chi connectivity index (χ4n) is 3.58. The van der Waals surface area contributed by atoms with Crippen molar-refractivity contribution in [3.63, 3.8) is 0 Å². The van der Waals surface area contributed by atoms with E-state index in [1.54, 1.807) is 60.4 Å². The van der Waals surface area contributed by atoms with E-state index in [0.717, 1.165) is 14.7 Å². The average Bonchev–Trinajstić information content (AvgIpc) is 3.54. The molecule has 0 atom stereocenters. The van der Waals surface area contributed by atoms with Crippen molar-refractivity contribution in [3.8, 4) is 0 Å². The molecule has 0 fully saturated rings. The number of Topliss-reactive ketones (excluding diaryl/α,β-unsaturated/α-hetero) is 1. The lowest BCUT2D eigenvalue weighted by Crippen LogP contribution is -2.44. The molecule has 0 aliphatic heterocycles. The number of furan rings is 1. The van der Waals surface area contributed by atoms with Crippen molar-refractivity contribution in [2.45, 2.75) is 26.6 Å². The first-order valence-electron chi connectivity index (χ1n) is 10.8. The van der Waals surface area contributed by atoms with E-state index >= 15 is 0 Å². The first-order chi connectivity index (χ1) is 16.9. The average molecular weight is 477 g/mol. The van der Waals surface area contributed by atoms with Gasteiger partial charge >= 0.3 is 11.7 Å². The van der Waals surface area contributed by atoms with Crippen LogP contribution < -0.4 is 17.0 Å². The van der Waals surface area contributed by atoms with Crippen LogP contribution >= 0.6 is 0 Å². The minimum atomic E-state index is -0.878. The number of nitrogens with zero attached hydrogens (tertiary/aromatic N) is 4. The van der Waals surface area contributed by atoms with Crippen LogP contribution in [0.1, 0.15) is 39.2 Å². The quantitative estimate of drug-likeness (QED) is 0.282. The number of carbonyl (C=O) groups excluding carboxylic acids is 2. The van der Waals surface area contributed by atoms with Gasteiger partial charge in [-0.15, -0.1) is 0 Å². The van der Waals surface area contributed by atoms with Crippen molar-refractivity contribution in [2.75, 3.05) is 12.3 Å². The van der Waals surface area contributed by atoms with Gasteiger partial charge in [0.15, 0.2) is 6.61 Å². The van der Waals surface area contributed by atoms with Gasteiger partial charge in [0.25, 0.3) is 5.56 Å². The summed E-state index contributed by atoms with van der Waals surface area (Å²) < 4.78 is 14.2. The lowest BCUT2D eigenvalue weighted by Gasteiger charge is -2.15. The highest BCUT2D eigenvalue weighted by Gasteiger charge is 2.24. The summed E-state index contributed by atoms with van der Waals surface area (Å²) in [6.07, 6.45) is 3.36. The highest BCUT2D eigenvalue weighted by molar-refractivity contribution is 6.02. The van der Waals surface area contributed by atoms with Crippen LogP contribution in [0.15, 0.2) is 74.9 Å². The Kier molecular flexibility index (Phi) is 6.76. The third kappa shape index (κ3) is 4.98. The summed E-state index contributed by atoms with van der Waals surface area (Å²) >= 11 is 0. The maximum absolute atomic E-state index is 12.9. The molecule has 3 heterocycles. The van der Waals surface area contributed by atoms with Crippen molar-refractivity contribution >= 4 is 17.6 Å². The number of ketones is 1. The van der Waals surface area contributed by atoms with E-state index in [4.69, 9.17) is 14.9 Å². The molecule has 3 aromatic heterocycles. The van der Waals surface area contributed by atoms with E-state index in [0.29, 0.717) is 12.3 Å². The molecular formula is C24H23N5O6. The normalized spacial score (nSPS) is 10.9. The molecular weight excluding hydrogens is 454 g/mol. The Morgan fingerprint density at radius 1 is 1.03 bits per heavy atom. The van der Waals surface area contributed by atoms with E-state index in [9.17, 15) is 19.2 Å². The molecule has 0 bridgehead atoms. The van der Waals surface area contributed by atoms with E-state index in [-0.39, 0.29) is 24.7 Å². The molecule has 4 aromatic rings. The predicted octanol–water partition coefficient (Wildman–Crippen LogP) is 1.54. The number of rotatable bonds is 9. The van der Waals surface area contributed by atoms with E-state index in [1.807, 2.05) is 6.07 Å². The third-order valence-electron chi connectivity index (χ3n) is 5.32. The number of hydrogen-bond donors (Lipinski definition) is 1. The summed E-state index contributed by atoms with van der Waals surface area (Å²) in [5.41, 5.74) is 4.99. The number of aromatic nitrogens is 4. The Balaban J connectivity index is 1.53. The first-order valence-corrected chi connectivity index (χ1v) is 10.8. The number of hydrogen-bond acceptors (Lipinski definition) is 8. The molecule has 0 radical (unpaired) electrons. The number of ether oxygens (including phenoxy) is 1. The van der Waals surface area contributed by atoms with Gasteiger partial charge in [-0.3, -0.25) is 23.4 Å². The Morgan fingerprint density at radius 2 is 1.80 bits per heavy atom. The van der Waals surface area contributed by atoms with Gasteiger partial charge in [0, 0.05) is 18.9 Å². The van der Waals surface area contributed by atoms with Crippen molar-refractivity contribution < 1.29 is 18.7 Å². The van der Waals surface area contributed by atoms with Crippen LogP contribution in [0.25, 0.3) is 0 Å². The highest BCUT2D eigenvalue weighted by atomic mass is 16.5. The van der Waals surface area contributed by atoms with Gasteiger partial charge in [0.2, 0.25) is 11.5 Å². The van der Waals surface area contributed by atoms with Crippen LogP contribution in [-0.4, -0.2) is 37.3 Å². The van der Waals surface area contributed by atoms with Gasteiger partial charge in [-0.1, -0.05) is 30.3 Å². The Bertz CT molecular complexity index is 1460. The maximum atomic E-state index is 12.9. The molecule has 0 saturated carbocycles. The molecule has 0 unspecified atom stereocenters. The zero-order valence-electron chi connectivity index (χ0n) is 18.9. The smallest absolute Gasteiger partial charge is 0.374 e. The zero-order chi connectivity index (χ0) is 24.9. The van der Waals surface area contributed by atoms with Crippen LogP contribution in [-0.2, 0) is 24.4 Å². The van der Waals surface area contributed by atoms with Gasteiger partial charge in [-0.05, 0) is 30.7 Å². The van der Waals surface area contributed by atoms with Crippen LogP contribution in [0.3, 0.4) is 0 Å². The molecule has 2 N–H and O–H groups in total. The summed E-state index contributed by atoms with van der Waals surface area (Å²) in [5, 5.41) is 4.06. The largest absolute Gasteiger partial charge is 0.452 e. The molecule has 0 spiro atoms. The van der Waals surface area contributed by atoms with Gasteiger partial charge in [-0.2, -0.15) is 5.10 Å². The number of esters is 1. The molecule has 0 aliphatic rings. The summed E-state index contributed by atoms with van der Waals surface area (Å²) in [7, 11) is 0. The number of anilines is 1. The molecule has 35 heavy (non-hydrogen) atoms. The molecule has 4 rings (SSSR count). The van der Waals surface area contributed by atoms with E-state index < -0.39 is 35.2 Å². The van der Waals surface area contributed by atoms with Crippen molar-refractivity contribution in [1.29, 1.82) is 0 Å². The monoisotopic (exact) mass is 477 g/mol. The van der Waals surface area contributed by atoms with Crippen LogP contribution in [0.2, 0.25) is 0 Å². The zero-order valence-corrected chi connectivity index (χ0v) is 18.9. The van der Waals surface area contributed by atoms with Gasteiger partial charge in [0.1, 0.15) is 17.1 Å². The fraction of sp³-hybridized carbons (Fsp3) is 0.208. The number of carbonyl (C=O) groups is 2. The van der Waals surface area contributed by atoms with E-state index in [1.165, 1.54) is 6.07 Å². The first kappa shape index (κ1) is 23.5. The minimum Gasteiger partial charge on any atom is -0.452 e. The van der Waals surface area contributed by atoms with Crippen molar-refractivity contribution in [3.05, 3.63) is 104 Å². The van der Waals surface area contributed by atoms with Gasteiger partial charge in [-0.25, -0.2) is 9.59 Å². The second-order valence-corrected chi connectivity index (χ2v) is 7.63. The number of nitrogen functional groups attached to an aromatic ring is 1. The maximum Gasteiger partial charge on any atom is 0.374 e. The molecule has 0 amide bonds. The van der Waals surface area contributed by atoms with E-state index in [2.05, 4.69) is 5.10 Å². The van der Waals surface area contributed by atoms with Crippen LogP contribution in [0, 0.1) is 0 Å². The number of nitrogens with two attached hydrogens (primary N) is 1. The van der Waals surface area contributed by atoms with Crippen molar-refractivity contribution in [1.82, 2.24) is 18.9 Å². The molecule has 0 saturated heterocycles. The fourth-order valence-corrected chi connectivity index (χ4v) is 3.58. The predicted molar refractivity (Wildman–Crippen MR) is 125 cm³/mol. The Hall–Kier alpha value is -4.67. The summed E-state index contributed by atoms with van der Waals surface area (Å²) in [5.74, 6) is -1.62. The lowest BCUT2D eigenvalue weighted by atomic mass is 10.2. The second-order valence-electron chi connectivity index (χ2n) is 7.63. The van der Waals surface area contributed by atoms with Crippen LogP contribution in [0.4, 0.5) is 5.82 Å².